The third kappa shape index (κ3) is 2.02. The average molecular weight is 398 g/mol. The Labute approximate surface area is 163 Å². The Morgan fingerprint density at radius 1 is 1.07 bits per heavy atom. The van der Waals surface area contributed by atoms with Gasteiger partial charge < -0.3 is 35.4 Å². The third-order valence-corrected chi connectivity index (χ3v) is 8.43. The molecule has 4 aliphatic rings. The highest BCUT2D eigenvalue weighted by Crippen LogP contribution is 2.62. The van der Waals surface area contributed by atoms with Gasteiger partial charge in [0.2, 0.25) is 0 Å². The zero-order chi connectivity index (χ0) is 21.0. The summed E-state index contributed by atoms with van der Waals surface area (Å²) < 4.78 is 5.38. The summed E-state index contributed by atoms with van der Waals surface area (Å²) in [5, 5.41) is 66.8. The Kier molecular flexibility index (Phi) is 4.10. The predicted molar refractivity (Wildman–Crippen MR) is 96.0 cm³/mol. The van der Waals surface area contributed by atoms with Crippen molar-refractivity contribution in [1.82, 2.24) is 0 Å². The normalized spacial score (nSPS) is 55.6. The molecule has 2 bridgehead atoms. The lowest BCUT2D eigenvalue weighted by molar-refractivity contribution is -0.344. The van der Waals surface area contributed by atoms with Crippen LogP contribution in [0.1, 0.15) is 40.5 Å². The van der Waals surface area contributed by atoms with Crippen LogP contribution < -0.4 is 0 Å². The van der Waals surface area contributed by atoms with E-state index in [1.807, 2.05) is 0 Å². The fourth-order valence-corrected chi connectivity index (χ4v) is 6.38. The van der Waals surface area contributed by atoms with E-state index in [2.05, 4.69) is 0 Å². The van der Waals surface area contributed by atoms with E-state index in [-0.39, 0.29) is 25.0 Å². The van der Waals surface area contributed by atoms with Gasteiger partial charge >= 0.3 is 0 Å². The number of ketones is 1. The van der Waals surface area contributed by atoms with E-state index < -0.39 is 64.3 Å². The van der Waals surface area contributed by atoms with E-state index in [1.165, 1.54) is 6.92 Å². The van der Waals surface area contributed by atoms with Crippen LogP contribution in [0, 0.1) is 16.7 Å². The summed E-state index contributed by atoms with van der Waals surface area (Å²) in [5.41, 5.74) is -6.01. The lowest BCUT2D eigenvalue weighted by Gasteiger charge is -2.66. The SMILES string of the molecule is CC1=C2[C@@H](O)C(=O)[C@@]3(C)C([C@H](O)[C@](O)(C[C@@H]1O)C2(C)C)[C@]1(O)CO[C@@H]1C[C@@H]3O. The van der Waals surface area contributed by atoms with Crippen molar-refractivity contribution in [3.63, 3.8) is 0 Å². The maximum atomic E-state index is 13.5. The zero-order valence-electron chi connectivity index (χ0n) is 16.6. The second-order valence-corrected chi connectivity index (χ2v) is 9.88. The molecular formula is C20H30O8. The summed E-state index contributed by atoms with van der Waals surface area (Å²) in [5.74, 6) is -2.01. The average Bonchev–Trinajstić information content (AvgIpc) is 2.60. The molecule has 0 amide bonds. The molecule has 1 aliphatic heterocycles. The van der Waals surface area contributed by atoms with Crippen molar-refractivity contribution in [2.45, 2.75) is 82.3 Å². The van der Waals surface area contributed by atoms with Gasteiger partial charge in [-0.05, 0) is 25.0 Å². The minimum Gasteiger partial charge on any atom is -0.392 e. The van der Waals surface area contributed by atoms with Crippen LogP contribution in [0.25, 0.3) is 0 Å². The number of rotatable bonds is 0. The minimum absolute atomic E-state index is 0.0167. The third-order valence-electron chi connectivity index (χ3n) is 8.43. The van der Waals surface area contributed by atoms with E-state index in [9.17, 15) is 35.4 Å². The van der Waals surface area contributed by atoms with Gasteiger partial charge in [-0.1, -0.05) is 13.8 Å². The monoisotopic (exact) mass is 398 g/mol. The van der Waals surface area contributed by atoms with Gasteiger partial charge in [0, 0.05) is 24.2 Å². The van der Waals surface area contributed by atoms with Crippen LogP contribution in [0.3, 0.4) is 0 Å². The van der Waals surface area contributed by atoms with Gasteiger partial charge in [0.1, 0.15) is 17.3 Å². The fourth-order valence-electron chi connectivity index (χ4n) is 6.38. The Morgan fingerprint density at radius 2 is 1.68 bits per heavy atom. The van der Waals surface area contributed by atoms with Crippen molar-refractivity contribution in [1.29, 1.82) is 0 Å². The van der Waals surface area contributed by atoms with Crippen LogP contribution in [-0.2, 0) is 9.53 Å². The van der Waals surface area contributed by atoms with Crippen molar-refractivity contribution in [3.05, 3.63) is 11.1 Å². The molecule has 0 aromatic heterocycles. The number of aliphatic hydroxyl groups is 6. The number of ether oxygens (including phenoxy) is 1. The summed E-state index contributed by atoms with van der Waals surface area (Å²) in [4.78, 5) is 13.5. The molecule has 9 atom stereocenters. The van der Waals surface area contributed by atoms with Crippen molar-refractivity contribution < 1.29 is 40.2 Å². The Morgan fingerprint density at radius 3 is 2.21 bits per heavy atom. The molecule has 0 aromatic rings. The zero-order valence-corrected chi connectivity index (χ0v) is 16.6. The first-order chi connectivity index (χ1) is 12.7. The predicted octanol–water partition coefficient (Wildman–Crippen LogP) is -1.35. The van der Waals surface area contributed by atoms with Crippen molar-refractivity contribution in [3.8, 4) is 0 Å². The maximum absolute atomic E-state index is 13.5. The lowest BCUT2D eigenvalue weighted by atomic mass is 9.45. The Balaban J connectivity index is 2.01. The molecule has 4 rings (SSSR count). The molecular weight excluding hydrogens is 368 g/mol. The van der Waals surface area contributed by atoms with Gasteiger partial charge in [0.15, 0.2) is 5.78 Å². The van der Waals surface area contributed by atoms with Crippen molar-refractivity contribution >= 4 is 5.78 Å². The van der Waals surface area contributed by atoms with Crippen molar-refractivity contribution in [2.24, 2.45) is 16.7 Å². The molecule has 1 unspecified atom stereocenters. The maximum Gasteiger partial charge on any atom is 0.174 e. The van der Waals surface area contributed by atoms with Gasteiger partial charge in [0.05, 0.1) is 36.4 Å². The number of carbonyl (C=O) groups excluding carboxylic acids is 1. The molecule has 3 aliphatic carbocycles. The van der Waals surface area contributed by atoms with E-state index in [0.29, 0.717) is 5.57 Å². The standard InChI is InChI=1S/C20H30O8/c1-8-9(21)6-20(27)16(25)14-18(4,10(22)5-11-19(14,26)7-28-11)15(24)13(23)12(8)17(20,2)3/h9-11,13-14,16,21-23,25-27H,5-7H2,1-4H3/t9-,10-,11+,13+,14?,16-,18+,19-,20+/m0/s1. The summed E-state index contributed by atoms with van der Waals surface area (Å²) in [6.07, 6.45) is -6.79. The van der Waals surface area contributed by atoms with Crippen LogP contribution in [-0.4, -0.2) is 84.8 Å². The largest absolute Gasteiger partial charge is 0.392 e. The fraction of sp³-hybridized carbons (Fsp3) is 0.850. The molecule has 0 aromatic carbocycles. The molecule has 0 radical (unpaired) electrons. The van der Waals surface area contributed by atoms with Crippen LogP contribution >= 0.6 is 0 Å². The molecule has 6 N–H and O–H groups in total. The molecule has 8 nitrogen and oxygen atoms in total. The molecule has 28 heavy (non-hydrogen) atoms. The highest BCUT2D eigenvalue weighted by Gasteiger charge is 2.74. The molecule has 158 valence electrons. The van der Waals surface area contributed by atoms with Crippen molar-refractivity contribution in [2.75, 3.05) is 6.61 Å². The first kappa shape index (κ1) is 20.4. The highest BCUT2D eigenvalue weighted by molar-refractivity contribution is 5.93. The lowest BCUT2D eigenvalue weighted by Crippen LogP contribution is -2.80. The summed E-state index contributed by atoms with van der Waals surface area (Å²) in [6.45, 7) is 6.09. The Hall–Kier alpha value is -0.870. The van der Waals surface area contributed by atoms with Gasteiger partial charge in [-0.2, -0.15) is 0 Å². The van der Waals surface area contributed by atoms with Gasteiger partial charge in [-0.15, -0.1) is 0 Å². The number of hydrogen-bond acceptors (Lipinski definition) is 8. The van der Waals surface area contributed by atoms with E-state index in [4.69, 9.17) is 4.74 Å². The molecule has 0 spiro atoms. The number of hydrogen-bond donors (Lipinski definition) is 6. The Bertz CT molecular complexity index is 761. The van der Waals surface area contributed by atoms with Crippen LogP contribution in [0.15, 0.2) is 11.1 Å². The summed E-state index contributed by atoms with van der Waals surface area (Å²) in [7, 11) is 0. The van der Waals surface area contributed by atoms with Crippen LogP contribution in [0.2, 0.25) is 0 Å². The van der Waals surface area contributed by atoms with Gasteiger partial charge in [-0.3, -0.25) is 4.79 Å². The summed E-state index contributed by atoms with van der Waals surface area (Å²) >= 11 is 0. The smallest absolute Gasteiger partial charge is 0.174 e. The number of Topliss-reactive ketones (excluding diaryl/α,β-unsaturated/α-hetero) is 1. The molecule has 8 heteroatoms. The van der Waals surface area contributed by atoms with Crippen LogP contribution in [0.5, 0.6) is 0 Å². The summed E-state index contributed by atoms with van der Waals surface area (Å²) in [6, 6.07) is 0. The molecule has 1 heterocycles. The topological polar surface area (TPSA) is 148 Å². The second-order valence-electron chi connectivity index (χ2n) is 9.88. The highest BCUT2D eigenvalue weighted by atomic mass is 16.6. The first-order valence-corrected chi connectivity index (χ1v) is 9.78. The first-order valence-electron chi connectivity index (χ1n) is 9.78. The molecule has 3 fully saturated rings. The molecule has 1 saturated heterocycles. The van der Waals surface area contributed by atoms with E-state index >= 15 is 0 Å². The van der Waals surface area contributed by atoms with Gasteiger partial charge in [0.25, 0.3) is 0 Å². The number of fused-ring (bicyclic) bond motifs is 5. The second kappa shape index (κ2) is 5.63. The van der Waals surface area contributed by atoms with Crippen LogP contribution in [0.4, 0.5) is 0 Å². The minimum atomic E-state index is -1.94. The van der Waals surface area contributed by atoms with E-state index in [1.54, 1.807) is 20.8 Å². The molecule has 2 saturated carbocycles. The van der Waals surface area contributed by atoms with E-state index in [0.717, 1.165) is 0 Å². The quantitative estimate of drug-likeness (QED) is 0.274. The van der Waals surface area contributed by atoms with Gasteiger partial charge in [-0.25, -0.2) is 0 Å². The number of carbonyl (C=O) groups is 1. The number of aliphatic hydroxyl groups excluding tert-OH is 4.